The number of hydrogen-bond acceptors (Lipinski definition) is 5. The first kappa shape index (κ1) is 24.4. The summed E-state index contributed by atoms with van der Waals surface area (Å²) >= 11 is 0. The first-order valence-electron chi connectivity index (χ1n) is 11.3. The smallest absolute Gasteiger partial charge is 0.411 e. The first-order chi connectivity index (χ1) is 16.6. The molecular weight excluding hydrogens is 449 g/mol. The minimum Gasteiger partial charge on any atom is -0.467 e. The van der Waals surface area contributed by atoms with Crippen LogP contribution in [-0.2, 0) is 26.4 Å². The second-order valence-electron chi connectivity index (χ2n) is 9.49. The Morgan fingerprint density at radius 2 is 1.57 bits per heavy atom. The number of amides is 1. The Morgan fingerprint density at radius 3 is 2.23 bits per heavy atom. The van der Waals surface area contributed by atoms with E-state index in [0.29, 0.717) is 16.7 Å². The molecule has 3 aromatic rings. The van der Waals surface area contributed by atoms with Gasteiger partial charge in [0.2, 0.25) is 5.60 Å². The van der Waals surface area contributed by atoms with Crippen LogP contribution in [-0.4, -0.2) is 34.8 Å². The SMILES string of the molecule is COC(=O)[C@@](O)(c1ccccc1)C1c2c(F)cccc2-c2ccccc2CN1C(=O)OC(C)(C)C. The van der Waals surface area contributed by atoms with Gasteiger partial charge in [-0.05, 0) is 49.1 Å². The van der Waals surface area contributed by atoms with Crippen molar-refractivity contribution in [1.29, 1.82) is 0 Å². The van der Waals surface area contributed by atoms with Crippen LogP contribution >= 0.6 is 0 Å². The summed E-state index contributed by atoms with van der Waals surface area (Å²) in [4.78, 5) is 28.1. The first-order valence-corrected chi connectivity index (χ1v) is 11.3. The number of esters is 1. The van der Waals surface area contributed by atoms with Crippen molar-refractivity contribution in [3.8, 4) is 11.1 Å². The maximum absolute atomic E-state index is 15.7. The van der Waals surface area contributed by atoms with E-state index in [4.69, 9.17) is 9.47 Å². The number of nitrogens with zero attached hydrogens (tertiary/aromatic N) is 1. The van der Waals surface area contributed by atoms with Crippen molar-refractivity contribution in [2.45, 2.75) is 44.6 Å². The Morgan fingerprint density at radius 1 is 0.943 bits per heavy atom. The van der Waals surface area contributed by atoms with Crippen LogP contribution in [0.5, 0.6) is 0 Å². The molecule has 1 heterocycles. The highest BCUT2D eigenvalue weighted by Crippen LogP contribution is 2.48. The molecule has 4 rings (SSSR count). The third-order valence-electron chi connectivity index (χ3n) is 6.02. The molecule has 1 N–H and O–H groups in total. The van der Waals surface area contributed by atoms with Crippen LogP contribution in [0.1, 0.15) is 43.5 Å². The molecule has 35 heavy (non-hydrogen) atoms. The van der Waals surface area contributed by atoms with Crippen LogP contribution in [0.15, 0.2) is 72.8 Å². The molecule has 0 spiro atoms. The maximum Gasteiger partial charge on any atom is 0.411 e. The van der Waals surface area contributed by atoms with Gasteiger partial charge in [-0.3, -0.25) is 4.90 Å². The van der Waals surface area contributed by atoms with Crippen molar-refractivity contribution < 1.29 is 28.6 Å². The quantitative estimate of drug-likeness (QED) is 0.515. The topological polar surface area (TPSA) is 76.1 Å². The van der Waals surface area contributed by atoms with Crippen LogP contribution in [0.25, 0.3) is 11.1 Å². The molecule has 0 fully saturated rings. The van der Waals surface area contributed by atoms with Gasteiger partial charge in [-0.2, -0.15) is 0 Å². The summed E-state index contributed by atoms with van der Waals surface area (Å²) in [5.74, 6) is -1.70. The van der Waals surface area contributed by atoms with Crippen molar-refractivity contribution in [2.24, 2.45) is 0 Å². The van der Waals surface area contributed by atoms with Crippen molar-refractivity contribution in [2.75, 3.05) is 7.11 Å². The molecule has 0 aliphatic carbocycles. The third kappa shape index (κ3) is 4.39. The van der Waals surface area contributed by atoms with Gasteiger partial charge >= 0.3 is 12.1 Å². The van der Waals surface area contributed by atoms with E-state index in [1.165, 1.54) is 11.0 Å². The molecule has 3 aromatic carbocycles. The predicted octanol–water partition coefficient (Wildman–Crippen LogP) is 5.35. The molecule has 2 atom stereocenters. The lowest BCUT2D eigenvalue weighted by molar-refractivity contribution is -0.173. The second kappa shape index (κ2) is 9.15. The highest BCUT2D eigenvalue weighted by atomic mass is 19.1. The van der Waals surface area contributed by atoms with Gasteiger partial charge in [0, 0.05) is 5.56 Å². The Balaban J connectivity index is 2.08. The minimum absolute atomic E-state index is 0.0000576. The molecule has 0 radical (unpaired) electrons. The molecule has 7 heteroatoms. The molecule has 1 unspecified atom stereocenters. The predicted molar refractivity (Wildman–Crippen MR) is 129 cm³/mol. The standard InChI is InChI=1S/C28H28FNO5/c1-27(2,3)35-26(32)30-17-18-11-8-9-14-20(18)21-15-10-16-22(29)23(21)24(30)28(33,25(31)34-4)19-12-6-5-7-13-19/h5-16,24,33H,17H2,1-4H3/t24?,28-/m1/s1. The van der Waals surface area contributed by atoms with Gasteiger partial charge in [-0.25, -0.2) is 14.0 Å². The average molecular weight is 478 g/mol. The second-order valence-corrected chi connectivity index (χ2v) is 9.49. The summed E-state index contributed by atoms with van der Waals surface area (Å²) in [5.41, 5.74) is -1.28. The summed E-state index contributed by atoms with van der Waals surface area (Å²) in [6.45, 7) is 5.10. The number of fused-ring (bicyclic) bond motifs is 3. The molecule has 1 aliphatic rings. The van der Waals surface area contributed by atoms with Gasteiger partial charge in [0.1, 0.15) is 17.5 Å². The summed E-state index contributed by atoms with van der Waals surface area (Å²) < 4.78 is 26.5. The monoisotopic (exact) mass is 477 g/mol. The van der Waals surface area contributed by atoms with Gasteiger partial charge in [0.25, 0.3) is 0 Å². The Hall–Kier alpha value is -3.71. The Bertz CT molecular complexity index is 1250. The summed E-state index contributed by atoms with van der Waals surface area (Å²) in [5, 5.41) is 12.2. The van der Waals surface area contributed by atoms with E-state index in [-0.39, 0.29) is 17.7 Å². The van der Waals surface area contributed by atoms with Crippen molar-refractivity contribution in [3.63, 3.8) is 0 Å². The number of carbonyl (C=O) groups excluding carboxylic acids is 2. The van der Waals surface area contributed by atoms with Gasteiger partial charge in [0.05, 0.1) is 13.7 Å². The van der Waals surface area contributed by atoms with E-state index in [9.17, 15) is 14.7 Å². The van der Waals surface area contributed by atoms with Gasteiger partial charge < -0.3 is 14.6 Å². The van der Waals surface area contributed by atoms with E-state index in [1.807, 2.05) is 24.3 Å². The van der Waals surface area contributed by atoms with Crippen LogP contribution in [0.4, 0.5) is 9.18 Å². The molecule has 0 bridgehead atoms. The molecule has 1 aliphatic heterocycles. The zero-order valence-electron chi connectivity index (χ0n) is 20.1. The molecule has 1 amide bonds. The molecule has 6 nitrogen and oxygen atoms in total. The highest BCUT2D eigenvalue weighted by Gasteiger charge is 2.54. The molecule has 182 valence electrons. The average Bonchev–Trinajstić information content (AvgIpc) is 2.98. The fourth-order valence-electron chi connectivity index (χ4n) is 4.56. The normalized spacial score (nSPS) is 16.9. The zero-order chi connectivity index (χ0) is 25.4. The molecule has 0 aromatic heterocycles. The summed E-state index contributed by atoms with van der Waals surface area (Å²) in [6.07, 6.45) is -0.799. The van der Waals surface area contributed by atoms with Crippen molar-refractivity contribution >= 4 is 12.1 Å². The fourth-order valence-corrected chi connectivity index (χ4v) is 4.56. The van der Waals surface area contributed by atoms with E-state index < -0.39 is 35.1 Å². The van der Waals surface area contributed by atoms with E-state index in [1.54, 1.807) is 63.2 Å². The van der Waals surface area contributed by atoms with E-state index >= 15 is 4.39 Å². The number of rotatable bonds is 3. The number of carbonyl (C=O) groups is 2. The lowest BCUT2D eigenvalue weighted by Gasteiger charge is -2.41. The number of halogens is 1. The van der Waals surface area contributed by atoms with E-state index in [0.717, 1.165) is 7.11 Å². The fraction of sp³-hybridized carbons (Fsp3) is 0.286. The lowest BCUT2D eigenvalue weighted by Crippen LogP contribution is -2.52. The van der Waals surface area contributed by atoms with E-state index in [2.05, 4.69) is 0 Å². The van der Waals surface area contributed by atoms with Gasteiger partial charge in [-0.1, -0.05) is 66.7 Å². The number of benzene rings is 3. The highest BCUT2D eigenvalue weighted by molar-refractivity contribution is 5.86. The number of ether oxygens (including phenoxy) is 2. The van der Waals surface area contributed by atoms with Crippen molar-refractivity contribution in [3.05, 3.63) is 95.3 Å². The molecule has 0 saturated heterocycles. The van der Waals surface area contributed by atoms with Crippen LogP contribution in [0.3, 0.4) is 0 Å². The maximum atomic E-state index is 15.7. The Labute approximate surface area is 203 Å². The van der Waals surface area contributed by atoms with Crippen LogP contribution in [0.2, 0.25) is 0 Å². The van der Waals surface area contributed by atoms with Crippen molar-refractivity contribution in [1.82, 2.24) is 4.90 Å². The molecular formula is C28H28FNO5. The number of hydrogen-bond donors (Lipinski definition) is 1. The summed E-state index contributed by atoms with van der Waals surface area (Å²) in [7, 11) is 1.14. The number of methoxy groups -OCH3 is 1. The van der Waals surface area contributed by atoms with Crippen LogP contribution < -0.4 is 0 Å². The van der Waals surface area contributed by atoms with Gasteiger partial charge in [-0.15, -0.1) is 0 Å². The largest absolute Gasteiger partial charge is 0.467 e. The van der Waals surface area contributed by atoms with Gasteiger partial charge in [0.15, 0.2) is 0 Å². The molecule has 0 saturated carbocycles. The van der Waals surface area contributed by atoms with Crippen LogP contribution in [0, 0.1) is 5.82 Å². The summed E-state index contributed by atoms with van der Waals surface area (Å²) in [6, 6.07) is 18.4. The zero-order valence-corrected chi connectivity index (χ0v) is 20.1. The third-order valence-corrected chi connectivity index (χ3v) is 6.02. The minimum atomic E-state index is -2.44. The Kier molecular flexibility index (Phi) is 6.38. The lowest BCUT2D eigenvalue weighted by atomic mass is 9.79. The number of aliphatic hydroxyl groups is 1.